The third kappa shape index (κ3) is 10.6. The van der Waals surface area contributed by atoms with Gasteiger partial charge in [-0.3, -0.25) is 4.99 Å². The highest BCUT2D eigenvalue weighted by molar-refractivity contribution is 14.0. The van der Waals surface area contributed by atoms with Crippen LogP contribution in [0.15, 0.2) is 4.99 Å². The van der Waals surface area contributed by atoms with Crippen molar-refractivity contribution in [3.8, 4) is 0 Å². The van der Waals surface area contributed by atoms with Gasteiger partial charge >= 0.3 is 0 Å². The lowest BCUT2D eigenvalue weighted by Gasteiger charge is -2.19. The summed E-state index contributed by atoms with van der Waals surface area (Å²) in [6, 6.07) is 0.418. The van der Waals surface area contributed by atoms with Crippen molar-refractivity contribution in [1.82, 2.24) is 10.2 Å². The zero-order chi connectivity index (χ0) is 15.7. The van der Waals surface area contributed by atoms with E-state index in [2.05, 4.69) is 42.9 Å². The highest BCUT2D eigenvalue weighted by Gasteiger charge is 2.14. The maximum atomic E-state index is 5.99. The smallest absolute Gasteiger partial charge is 0.188 e. The first-order valence-corrected chi connectivity index (χ1v) is 8.76. The molecule has 4 nitrogen and oxygen atoms in total. The van der Waals surface area contributed by atoms with E-state index in [0.717, 1.165) is 25.4 Å². The van der Waals surface area contributed by atoms with Crippen LogP contribution < -0.4 is 11.1 Å². The summed E-state index contributed by atoms with van der Waals surface area (Å²) in [5.41, 5.74) is 5.99. The molecular formula is C17H37IN4. The van der Waals surface area contributed by atoms with Gasteiger partial charge in [-0.1, -0.05) is 33.6 Å². The summed E-state index contributed by atoms with van der Waals surface area (Å²) in [4.78, 5) is 7.05. The minimum Gasteiger partial charge on any atom is -0.370 e. The maximum Gasteiger partial charge on any atom is 0.188 e. The Morgan fingerprint density at radius 3 is 2.36 bits per heavy atom. The number of hydrogen-bond donors (Lipinski definition) is 2. The Morgan fingerprint density at radius 2 is 1.77 bits per heavy atom. The van der Waals surface area contributed by atoms with Crippen LogP contribution in [0, 0.1) is 11.8 Å². The van der Waals surface area contributed by atoms with Crippen LogP contribution >= 0.6 is 24.0 Å². The number of nitrogens with one attached hydrogen (secondary N) is 1. The minimum atomic E-state index is 0. The fourth-order valence-electron chi connectivity index (χ4n) is 2.92. The molecule has 0 aromatic rings. The van der Waals surface area contributed by atoms with E-state index in [0.29, 0.717) is 17.9 Å². The Balaban J connectivity index is 0.00000441. The molecule has 2 unspecified atom stereocenters. The van der Waals surface area contributed by atoms with E-state index < -0.39 is 0 Å². The van der Waals surface area contributed by atoms with Gasteiger partial charge in [-0.2, -0.15) is 0 Å². The van der Waals surface area contributed by atoms with Crippen LogP contribution in [0.4, 0.5) is 0 Å². The summed E-state index contributed by atoms with van der Waals surface area (Å²) >= 11 is 0. The minimum absolute atomic E-state index is 0. The molecule has 0 radical (unpaired) electrons. The van der Waals surface area contributed by atoms with Crippen molar-refractivity contribution in [2.75, 3.05) is 26.2 Å². The second-order valence-corrected chi connectivity index (χ2v) is 7.21. The normalized spacial score (nSPS) is 19.0. The number of hydrogen-bond acceptors (Lipinski definition) is 2. The van der Waals surface area contributed by atoms with Crippen molar-refractivity contribution in [3.63, 3.8) is 0 Å². The molecule has 1 fully saturated rings. The quantitative estimate of drug-likeness (QED) is 0.339. The Bertz CT molecular complexity index is 301. The predicted molar refractivity (Wildman–Crippen MR) is 108 cm³/mol. The lowest BCUT2D eigenvalue weighted by molar-refractivity contribution is 0.291. The van der Waals surface area contributed by atoms with Crippen LogP contribution in [-0.4, -0.2) is 43.1 Å². The molecule has 2 atom stereocenters. The Kier molecular flexibility index (Phi) is 12.4. The predicted octanol–water partition coefficient (Wildman–Crippen LogP) is 3.46. The fraction of sp³-hybridized carbons (Fsp3) is 0.941. The second kappa shape index (κ2) is 12.4. The summed E-state index contributed by atoms with van der Waals surface area (Å²) in [5.74, 6) is 1.98. The molecular weight excluding hydrogens is 387 g/mol. The first-order valence-electron chi connectivity index (χ1n) is 8.76. The van der Waals surface area contributed by atoms with Gasteiger partial charge in [-0.05, 0) is 51.1 Å². The molecule has 132 valence electrons. The topological polar surface area (TPSA) is 53.6 Å². The largest absolute Gasteiger partial charge is 0.370 e. The van der Waals surface area contributed by atoms with Crippen LogP contribution in [0.5, 0.6) is 0 Å². The van der Waals surface area contributed by atoms with Crippen molar-refractivity contribution >= 4 is 29.9 Å². The highest BCUT2D eigenvalue weighted by Crippen LogP contribution is 2.10. The van der Waals surface area contributed by atoms with Gasteiger partial charge in [0.2, 0.25) is 0 Å². The first kappa shape index (κ1) is 22.0. The van der Waals surface area contributed by atoms with Gasteiger partial charge in [0.05, 0.1) is 0 Å². The summed E-state index contributed by atoms with van der Waals surface area (Å²) < 4.78 is 0. The molecule has 1 heterocycles. The van der Waals surface area contributed by atoms with Crippen molar-refractivity contribution in [1.29, 1.82) is 0 Å². The summed E-state index contributed by atoms with van der Waals surface area (Å²) in [7, 11) is 0. The van der Waals surface area contributed by atoms with Crippen LogP contribution in [0.1, 0.15) is 59.8 Å². The Labute approximate surface area is 154 Å². The van der Waals surface area contributed by atoms with E-state index in [1.54, 1.807) is 0 Å². The molecule has 5 heteroatoms. The molecule has 0 saturated carbocycles. The number of nitrogens with two attached hydrogens (primary N) is 1. The number of guanidine groups is 1. The molecule has 22 heavy (non-hydrogen) atoms. The molecule has 0 aliphatic carbocycles. The van der Waals surface area contributed by atoms with Gasteiger partial charge in [-0.25, -0.2) is 0 Å². The standard InChI is InChI=1S/C17H36N4.HI/c1-14(2)8-7-9-16(4)20-17(18)19-12-15(3)13-21-10-5-6-11-21;/h14-16H,5-13H2,1-4H3,(H3,18,19,20);1H. The molecule has 1 saturated heterocycles. The van der Waals surface area contributed by atoms with Gasteiger partial charge in [0, 0.05) is 19.1 Å². The van der Waals surface area contributed by atoms with Crippen LogP contribution in [0.3, 0.4) is 0 Å². The van der Waals surface area contributed by atoms with Crippen molar-refractivity contribution in [3.05, 3.63) is 0 Å². The Hall–Kier alpha value is -0.0400. The van der Waals surface area contributed by atoms with Gasteiger partial charge in [-0.15, -0.1) is 24.0 Å². The van der Waals surface area contributed by atoms with E-state index in [-0.39, 0.29) is 24.0 Å². The number of aliphatic imine (C=N–C) groups is 1. The summed E-state index contributed by atoms with van der Waals surface area (Å²) in [6.07, 6.45) is 6.42. The number of rotatable bonds is 9. The average molecular weight is 424 g/mol. The maximum absolute atomic E-state index is 5.99. The van der Waals surface area contributed by atoms with Crippen LogP contribution in [0.25, 0.3) is 0 Å². The van der Waals surface area contributed by atoms with E-state index in [1.807, 2.05) is 0 Å². The zero-order valence-electron chi connectivity index (χ0n) is 15.0. The van der Waals surface area contributed by atoms with Gasteiger partial charge < -0.3 is 16.0 Å². The SMILES string of the molecule is CC(C)CCCC(C)NC(N)=NCC(C)CN1CCCC1.I. The van der Waals surface area contributed by atoms with Crippen LogP contribution in [0.2, 0.25) is 0 Å². The molecule has 0 spiro atoms. The van der Waals surface area contributed by atoms with E-state index in [9.17, 15) is 0 Å². The van der Waals surface area contributed by atoms with Crippen molar-refractivity contribution in [2.45, 2.75) is 65.8 Å². The number of likely N-dealkylation sites (tertiary alicyclic amines) is 1. The van der Waals surface area contributed by atoms with Crippen molar-refractivity contribution < 1.29 is 0 Å². The zero-order valence-corrected chi connectivity index (χ0v) is 17.3. The molecule has 0 bridgehead atoms. The van der Waals surface area contributed by atoms with Gasteiger partial charge in [0.15, 0.2) is 5.96 Å². The van der Waals surface area contributed by atoms with E-state index in [1.165, 1.54) is 38.8 Å². The average Bonchev–Trinajstić information content (AvgIpc) is 2.88. The molecule has 1 rings (SSSR count). The van der Waals surface area contributed by atoms with Gasteiger partial charge in [0.25, 0.3) is 0 Å². The highest BCUT2D eigenvalue weighted by atomic mass is 127. The summed E-state index contributed by atoms with van der Waals surface area (Å²) in [5, 5.41) is 3.32. The third-order valence-corrected chi connectivity index (χ3v) is 4.15. The second-order valence-electron chi connectivity index (χ2n) is 7.21. The molecule has 1 aliphatic heterocycles. The lowest BCUT2D eigenvalue weighted by Crippen LogP contribution is -2.39. The van der Waals surface area contributed by atoms with E-state index >= 15 is 0 Å². The number of halogens is 1. The lowest BCUT2D eigenvalue weighted by atomic mass is 10.0. The monoisotopic (exact) mass is 424 g/mol. The summed E-state index contributed by atoms with van der Waals surface area (Å²) in [6.45, 7) is 13.5. The Morgan fingerprint density at radius 1 is 1.14 bits per heavy atom. The molecule has 3 N–H and O–H groups in total. The molecule has 0 aromatic carbocycles. The van der Waals surface area contributed by atoms with Crippen LogP contribution in [-0.2, 0) is 0 Å². The molecule has 0 aromatic heterocycles. The van der Waals surface area contributed by atoms with Crippen molar-refractivity contribution in [2.24, 2.45) is 22.6 Å². The first-order chi connectivity index (χ1) is 9.97. The third-order valence-electron chi connectivity index (χ3n) is 4.15. The molecule has 0 amide bonds. The van der Waals surface area contributed by atoms with E-state index in [4.69, 9.17) is 5.73 Å². The fourth-order valence-corrected chi connectivity index (χ4v) is 2.92. The van der Waals surface area contributed by atoms with Gasteiger partial charge in [0.1, 0.15) is 0 Å². The number of nitrogens with zero attached hydrogens (tertiary/aromatic N) is 2. The molecule has 1 aliphatic rings.